The van der Waals surface area contributed by atoms with Gasteiger partial charge in [0.15, 0.2) is 0 Å². The van der Waals surface area contributed by atoms with Crippen LogP contribution in [0.25, 0.3) is 0 Å². The Bertz CT molecular complexity index is 563. The van der Waals surface area contributed by atoms with Crippen LogP contribution in [0.5, 0.6) is 0 Å². The summed E-state index contributed by atoms with van der Waals surface area (Å²) < 4.78 is 26.9. The second kappa shape index (κ2) is 8.10. The van der Waals surface area contributed by atoms with Crippen LogP contribution in [0.1, 0.15) is 25.8 Å². The Hall–Kier alpha value is -0.660. The van der Waals surface area contributed by atoms with Gasteiger partial charge in [0.25, 0.3) is 0 Å². The maximum absolute atomic E-state index is 12.2. The van der Waals surface area contributed by atoms with Crippen LogP contribution in [0.4, 0.5) is 0 Å². The van der Waals surface area contributed by atoms with Crippen molar-refractivity contribution in [2.24, 2.45) is 0 Å². The van der Waals surface area contributed by atoms with E-state index in [4.69, 9.17) is 16.7 Å². The summed E-state index contributed by atoms with van der Waals surface area (Å²) in [5.74, 6) is 0. The highest BCUT2D eigenvalue weighted by Crippen LogP contribution is 2.20. The van der Waals surface area contributed by atoms with Crippen LogP contribution in [0.2, 0.25) is 5.02 Å². The first-order chi connectivity index (χ1) is 9.81. The quantitative estimate of drug-likeness (QED) is 0.761. The molecule has 0 saturated heterocycles. The largest absolute Gasteiger partial charge is 0.392 e. The predicted molar refractivity (Wildman–Crippen MR) is 84.9 cm³/mol. The number of aliphatic hydroxyl groups is 1. The van der Waals surface area contributed by atoms with Crippen LogP contribution < -0.4 is 4.72 Å². The summed E-state index contributed by atoms with van der Waals surface area (Å²) in [6.45, 7) is 4.87. The molecule has 0 aliphatic heterocycles. The molecular weight excluding hydrogens is 312 g/mol. The number of hydrogen-bond acceptors (Lipinski definition) is 4. The number of sulfonamides is 1. The van der Waals surface area contributed by atoms with Gasteiger partial charge in [-0.15, -0.1) is 0 Å². The van der Waals surface area contributed by atoms with E-state index in [1.807, 2.05) is 7.05 Å². The van der Waals surface area contributed by atoms with E-state index in [1.165, 1.54) is 18.2 Å². The zero-order valence-electron chi connectivity index (χ0n) is 12.6. The van der Waals surface area contributed by atoms with Gasteiger partial charge in [-0.25, -0.2) is 13.1 Å². The third-order valence-corrected chi connectivity index (χ3v) is 5.43. The Morgan fingerprint density at radius 1 is 1.43 bits per heavy atom. The molecule has 0 aliphatic carbocycles. The molecule has 0 heterocycles. The number of benzene rings is 1. The molecule has 0 spiro atoms. The van der Waals surface area contributed by atoms with Crippen molar-refractivity contribution in [2.75, 3.05) is 20.1 Å². The molecule has 0 aliphatic rings. The lowest BCUT2D eigenvalue weighted by atomic mass is 10.2. The fourth-order valence-corrected chi connectivity index (χ4v) is 3.06. The third-order valence-electron chi connectivity index (χ3n) is 3.60. The normalized spacial score (nSPS) is 13.6. The van der Waals surface area contributed by atoms with Gasteiger partial charge in [0, 0.05) is 24.2 Å². The highest BCUT2D eigenvalue weighted by atomic mass is 35.5. The number of aliphatic hydroxyl groups excluding tert-OH is 1. The molecule has 0 amide bonds. The minimum atomic E-state index is -3.58. The fraction of sp³-hybridized carbons (Fsp3) is 0.571. The molecule has 5 nitrogen and oxygen atoms in total. The molecule has 0 radical (unpaired) electrons. The summed E-state index contributed by atoms with van der Waals surface area (Å²) >= 11 is 5.86. The minimum Gasteiger partial charge on any atom is -0.392 e. The van der Waals surface area contributed by atoms with Gasteiger partial charge in [-0.2, -0.15) is 0 Å². The van der Waals surface area contributed by atoms with Gasteiger partial charge in [-0.3, -0.25) is 0 Å². The number of nitrogens with one attached hydrogen (secondary N) is 1. The molecule has 1 rings (SSSR count). The highest BCUT2D eigenvalue weighted by Gasteiger charge is 2.16. The van der Waals surface area contributed by atoms with Gasteiger partial charge < -0.3 is 10.0 Å². The van der Waals surface area contributed by atoms with Crippen LogP contribution in [0.3, 0.4) is 0 Å². The average Bonchev–Trinajstić information content (AvgIpc) is 2.46. The number of halogens is 1. The van der Waals surface area contributed by atoms with Crippen molar-refractivity contribution < 1.29 is 13.5 Å². The maximum Gasteiger partial charge on any atom is 0.240 e. The predicted octanol–water partition coefficient (Wildman–Crippen LogP) is 1.84. The Morgan fingerprint density at radius 3 is 2.67 bits per heavy atom. The van der Waals surface area contributed by atoms with Crippen molar-refractivity contribution in [3.63, 3.8) is 0 Å². The second-order valence-electron chi connectivity index (χ2n) is 5.05. The molecule has 0 fully saturated rings. The summed E-state index contributed by atoms with van der Waals surface area (Å²) in [4.78, 5) is 2.21. The molecule has 21 heavy (non-hydrogen) atoms. The summed E-state index contributed by atoms with van der Waals surface area (Å²) in [5, 5.41) is 9.49. The SMILES string of the molecule is CCC(C)N(C)CCNS(=O)(=O)c1ccc(Cl)c(CO)c1. The topological polar surface area (TPSA) is 69.6 Å². The molecule has 0 aromatic heterocycles. The third kappa shape index (κ3) is 5.23. The number of nitrogens with zero attached hydrogens (tertiary/aromatic N) is 1. The molecule has 0 bridgehead atoms. The number of likely N-dealkylation sites (N-methyl/N-ethyl adjacent to an activating group) is 1. The molecule has 1 aromatic carbocycles. The van der Waals surface area contributed by atoms with Gasteiger partial charge in [0.05, 0.1) is 11.5 Å². The van der Waals surface area contributed by atoms with Gasteiger partial charge in [-0.05, 0) is 44.2 Å². The Morgan fingerprint density at radius 2 is 2.10 bits per heavy atom. The van der Waals surface area contributed by atoms with E-state index in [2.05, 4.69) is 23.5 Å². The van der Waals surface area contributed by atoms with E-state index < -0.39 is 10.0 Å². The molecular formula is C14H23ClN2O3S. The van der Waals surface area contributed by atoms with Gasteiger partial charge in [0.2, 0.25) is 10.0 Å². The summed E-state index contributed by atoms with van der Waals surface area (Å²) in [6.07, 6.45) is 1.01. The van der Waals surface area contributed by atoms with E-state index in [0.29, 0.717) is 29.7 Å². The van der Waals surface area contributed by atoms with Crippen LogP contribution in [-0.2, 0) is 16.6 Å². The van der Waals surface area contributed by atoms with E-state index in [0.717, 1.165) is 6.42 Å². The second-order valence-corrected chi connectivity index (χ2v) is 7.22. The van der Waals surface area contributed by atoms with Crippen molar-refractivity contribution in [3.8, 4) is 0 Å². The Balaban J connectivity index is 2.70. The maximum atomic E-state index is 12.2. The van der Waals surface area contributed by atoms with Crippen molar-refractivity contribution in [1.82, 2.24) is 9.62 Å². The Kier molecular flexibility index (Phi) is 7.09. The molecule has 2 N–H and O–H groups in total. The van der Waals surface area contributed by atoms with E-state index in [-0.39, 0.29) is 11.5 Å². The standard InChI is InChI=1S/C14H23ClN2O3S/c1-4-11(2)17(3)8-7-16-21(19,20)13-5-6-14(15)12(9-13)10-18/h5-6,9,11,16,18H,4,7-8,10H2,1-3H3. The van der Waals surface area contributed by atoms with Crippen molar-refractivity contribution in [1.29, 1.82) is 0 Å². The molecule has 1 unspecified atom stereocenters. The van der Waals surface area contributed by atoms with Crippen molar-refractivity contribution in [2.45, 2.75) is 37.8 Å². The Labute approximate surface area is 132 Å². The van der Waals surface area contributed by atoms with Crippen LogP contribution in [0, 0.1) is 0 Å². The minimum absolute atomic E-state index is 0.113. The lowest BCUT2D eigenvalue weighted by molar-refractivity contribution is 0.256. The monoisotopic (exact) mass is 334 g/mol. The summed E-state index contributed by atoms with van der Waals surface area (Å²) in [7, 11) is -1.62. The van der Waals surface area contributed by atoms with Crippen LogP contribution >= 0.6 is 11.6 Å². The average molecular weight is 335 g/mol. The lowest BCUT2D eigenvalue weighted by Gasteiger charge is -2.23. The van der Waals surface area contributed by atoms with Gasteiger partial charge >= 0.3 is 0 Å². The van der Waals surface area contributed by atoms with Gasteiger partial charge in [-0.1, -0.05) is 18.5 Å². The smallest absolute Gasteiger partial charge is 0.240 e. The molecule has 7 heteroatoms. The van der Waals surface area contributed by atoms with E-state index >= 15 is 0 Å². The first kappa shape index (κ1) is 18.4. The van der Waals surface area contributed by atoms with E-state index in [9.17, 15) is 8.42 Å². The first-order valence-corrected chi connectivity index (χ1v) is 8.77. The van der Waals surface area contributed by atoms with Gasteiger partial charge in [0.1, 0.15) is 0 Å². The molecule has 1 atom stereocenters. The molecule has 1 aromatic rings. The number of hydrogen-bond donors (Lipinski definition) is 2. The highest BCUT2D eigenvalue weighted by molar-refractivity contribution is 7.89. The fourth-order valence-electron chi connectivity index (χ4n) is 1.81. The summed E-state index contributed by atoms with van der Waals surface area (Å²) in [5.41, 5.74) is 0.399. The molecule has 0 saturated carbocycles. The summed E-state index contributed by atoms with van der Waals surface area (Å²) in [6, 6.07) is 4.71. The van der Waals surface area contributed by atoms with Crippen LogP contribution in [-0.4, -0.2) is 44.6 Å². The van der Waals surface area contributed by atoms with Crippen molar-refractivity contribution in [3.05, 3.63) is 28.8 Å². The van der Waals surface area contributed by atoms with E-state index in [1.54, 1.807) is 0 Å². The first-order valence-electron chi connectivity index (χ1n) is 6.91. The zero-order chi connectivity index (χ0) is 16.0. The number of rotatable bonds is 8. The van der Waals surface area contributed by atoms with Crippen molar-refractivity contribution >= 4 is 21.6 Å². The zero-order valence-corrected chi connectivity index (χ0v) is 14.2. The molecule has 120 valence electrons. The van der Waals surface area contributed by atoms with Crippen LogP contribution in [0.15, 0.2) is 23.1 Å². The lowest BCUT2D eigenvalue weighted by Crippen LogP contribution is -2.37.